The van der Waals surface area contributed by atoms with E-state index < -0.39 is 0 Å². The number of hydrogen-bond donors (Lipinski definition) is 0. The Balaban J connectivity index is 2.41. The van der Waals surface area contributed by atoms with Crippen LogP contribution in [0.3, 0.4) is 0 Å². The van der Waals surface area contributed by atoms with Gasteiger partial charge in [0.15, 0.2) is 0 Å². The highest BCUT2D eigenvalue weighted by Crippen LogP contribution is 2.24. The van der Waals surface area contributed by atoms with E-state index in [0.717, 1.165) is 6.54 Å². The highest BCUT2D eigenvalue weighted by molar-refractivity contribution is 14.1. The SMILES string of the molecule is CN(I)Cc1ccccc1-c1ccccc1. The number of benzene rings is 2. The molecule has 0 heterocycles. The molecule has 2 heteroatoms. The summed E-state index contributed by atoms with van der Waals surface area (Å²) in [5, 5.41) is 0. The van der Waals surface area contributed by atoms with Gasteiger partial charge in [-0.05, 0) is 23.7 Å². The van der Waals surface area contributed by atoms with Gasteiger partial charge in [0.05, 0.1) is 0 Å². The largest absolute Gasteiger partial charge is 0.246 e. The van der Waals surface area contributed by atoms with E-state index in [0.29, 0.717) is 0 Å². The monoisotopic (exact) mass is 323 g/mol. The molecule has 0 spiro atoms. The Morgan fingerprint density at radius 3 is 2.25 bits per heavy atom. The van der Waals surface area contributed by atoms with E-state index in [1.54, 1.807) is 0 Å². The van der Waals surface area contributed by atoms with Crippen LogP contribution in [0.15, 0.2) is 54.6 Å². The van der Waals surface area contributed by atoms with Crippen molar-refractivity contribution >= 4 is 22.9 Å². The quantitative estimate of drug-likeness (QED) is 0.606. The van der Waals surface area contributed by atoms with Crippen LogP contribution in [0.1, 0.15) is 5.56 Å². The van der Waals surface area contributed by atoms with Crippen LogP contribution < -0.4 is 0 Å². The van der Waals surface area contributed by atoms with Crippen LogP contribution >= 0.6 is 22.9 Å². The molecule has 0 aliphatic heterocycles. The van der Waals surface area contributed by atoms with Crippen LogP contribution in [0.2, 0.25) is 0 Å². The molecule has 0 unspecified atom stereocenters. The van der Waals surface area contributed by atoms with E-state index >= 15 is 0 Å². The third-order valence-electron chi connectivity index (χ3n) is 2.49. The van der Waals surface area contributed by atoms with E-state index in [9.17, 15) is 0 Å². The van der Waals surface area contributed by atoms with Crippen molar-refractivity contribution < 1.29 is 0 Å². The zero-order valence-corrected chi connectivity index (χ0v) is 11.4. The molecule has 0 amide bonds. The van der Waals surface area contributed by atoms with Crippen LogP contribution in [0.5, 0.6) is 0 Å². The van der Waals surface area contributed by atoms with Crippen molar-refractivity contribution in [3.05, 3.63) is 60.2 Å². The van der Waals surface area contributed by atoms with Crippen molar-refractivity contribution in [3.8, 4) is 11.1 Å². The number of hydrogen-bond acceptors (Lipinski definition) is 1. The number of rotatable bonds is 3. The maximum absolute atomic E-state index is 2.32. The maximum Gasteiger partial charge on any atom is 0.0335 e. The number of nitrogens with zero attached hydrogens (tertiary/aromatic N) is 1. The first-order valence-corrected chi connectivity index (χ1v) is 6.24. The average Bonchev–Trinajstić information content (AvgIpc) is 2.30. The molecule has 2 aromatic rings. The lowest BCUT2D eigenvalue weighted by Gasteiger charge is -2.12. The van der Waals surface area contributed by atoms with Crippen molar-refractivity contribution in [2.75, 3.05) is 7.05 Å². The number of halogens is 1. The Hall–Kier alpha value is -0.870. The fourth-order valence-electron chi connectivity index (χ4n) is 1.79. The predicted octanol–water partition coefficient (Wildman–Crippen LogP) is 4.14. The van der Waals surface area contributed by atoms with Gasteiger partial charge < -0.3 is 0 Å². The summed E-state index contributed by atoms with van der Waals surface area (Å²) < 4.78 is 2.17. The smallest absolute Gasteiger partial charge is 0.0335 e. The highest BCUT2D eigenvalue weighted by atomic mass is 127. The van der Waals surface area contributed by atoms with Gasteiger partial charge in [-0.25, -0.2) is 3.11 Å². The van der Waals surface area contributed by atoms with Crippen molar-refractivity contribution in [2.24, 2.45) is 0 Å². The molecular weight excluding hydrogens is 309 g/mol. The second-order valence-corrected chi connectivity index (χ2v) is 5.43. The normalized spacial score (nSPS) is 10.7. The van der Waals surface area contributed by atoms with E-state index in [4.69, 9.17) is 0 Å². The molecule has 0 N–H and O–H groups in total. The first-order chi connectivity index (χ1) is 7.77. The first kappa shape index (κ1) is 11.6. The Kier molecular flexibility index (Phi) is 3.96. The molecule has 82 valence electrons. The molecule has 2 aromatic carbocycles. The molecule has 2 rings (SSSR count). The Morgan fingerprint density at radius 2 is 1.56 bits per heavy atom. The van der Waals surface area contributed by atoms with E-state index in [1.165, 1.54) is 16.7 Å². The molecule has 0 aromatic heterocycles. The third kappa shape index (κ3) is 2.83. The summed E-state index contributed by atoms with van der Waals surface area (Å²) in [5.74, 6) is 0. The van der Waals surface area contributed by atoms with E-state index in [1.807, 2.05) is 0 Å². The van der Waals surface area contributed by atoms with Gasteiger partial charge in [0.25, 0.3) is 0 Å². The molecule has 0 aliphatic carbocycles. The van der Waals surface area contributed by atoms with Crippen LogP contribution in [-0.4, -0.2) is 10.2 Å². The Labute approximate surface area is 111 Å². The summed E-state index contributed by atoms with van der Waals surface area (Å²) in [4.78, 5) is 0. The summed E-state index contributed by atoms with van der Waals surface area (Å²) in [6, 6.07) is 19.1. The molecule has 0 bridgehead atoms. The fraction of sp³-hybridized carbons (Fsp3) is 0.143. The van der Waals surface area contributed by atoms with Gasteiger partial charge in [0.2, 0.25) is 0 Å². The summed E-state index contributed by atoms with van der Waals surface area (Å²) in [7, 11) is 2.09. The minimum atomic E-state index is 0.964. The van der Waals surface area contributed by atoms with Crippen LogP contribution in [0, 0.1) is 0 Å². The van der Waals surface area contributed by atoms with Gasteiger partial charge in [-0.2, -0.15) is 0 Å². The Bertz CT molecular complexity index is 451. The predicted molar refractivity (Wildman–Crippen MR) is 77.4 cm³/mol. The van der Waals surface area contributed by atoms with Crippen LogP contribution in [0.4, 0.5) is 0 Å². The lowest BCUT2D eigenvalue weighted by Crippen LogP contribution is -2.04. The summed E-state index contributed by atoms with van der Waals surface area (Å²) >= 11 is 2.32. The maximum atomic E-state index is 2.32. The van der Waals surface area contributed by atoms with Gasteiger partial charge in [-0.15, -0.1) is 0 Å². The zero-order chi connectivity index (χ0) is 11.4. The molecular formula is C14H14IN. The molecule has 0 aliphatic rings. The van der Waals surface area contributed by atoms with Crippen molar-refractivity contribution in [1.82, 2.24) is 3.11 Å². The highest BCUT2D eigenvalue weighted by Gasteiger charge is 2.04. The standard InChI is InChI=1S/C14H14IN/c1-16(15)11-13-9-5-6-10-14(13)12-7-3-2-4-8-12/h2-10H,11H2,1H3. The zero-order valence-electron chi connectivity index (χ0n) is 9.23. The van der Waals surface area contributed by atoms with Gasteiger partial charge in [-0.3, -0.25) is 0 Å². The molecule has 0 atom stereocenters. The molecule has 0 fully saturated rings. The van der Waals surface area contributed by atoms with Crippen molar-refractivity contribution in [1.29, 1.82) is 0 Å². The van der Waals surface area contributed by atoms with Gasteiger partial charge >= 0.3 is 0 Å². The second-order valence-electron chi connectivity index (χ2n) is 3.79. The van der Waals surface area contributed by atoms with Gasteiger partial charge in [-0.1, -0.05) is 54.6 Å². The third-order valence-corrected chi connectivity index (χ3v) is 2.83. The van der Waals surface area contributed by atoms with Crippen LogP contribution in [-0.2, 0) is 6.54 Å². The average molecular weight is 323 g/mol. The van der Waals surface area contributed by atoms with Crippen LogP contribution in [0.25, 0.3) is 11.1 Å². The Morgan fingerprint density at radius 1 is 0.938 bits per heavy atom. The first-order valence-electron chi connectivity index (χ1n) is 5.27. The van der Waals surface area contributed by atoms with Gasteiger partial charge in [0.1, 0.15) is 0 Å². The fourth-order valence-corrected chi connectivity index (χ4v) is 2.16. The molecule has 0 saturated heterocycles. The molecule has 1 nitrogen and oxygen atoms in total. The minimum absolute atomic E-state index is 0.964. The lowest BCUT2D eigenvalue weighted by atomic mass is 10.00. The van der Waals surface area contributed by atoms with Crippen molar-refractivity contribution in [3.63, 3.8) is 0 Å². The summed E-state index contributed by atoms with van der Waals surface area (Å²) in [6.07, 6.45) is 0. The second kappa shape index (κ2) is 5.46. The topological polar surface area (TPSA) is 3.24 Å². The minimum Gasteiger partial charge on any atom is -0.246 e. The van der Waals surface area contributed by atoms with Crippen molar-refractivity contribution in [2.45, 2.75) is 6.54 Å². The molecule has 16 heavy (non-hydrogen) atoms. The molecule has 0 saturated carbocycles. The van der Waals surface area contributed by atoms with Gasteiger partial charge in [0, 0.05) is 29.4 Å². The summed E-state index contributed by atoms with van der Waals surface area (Å²) in [5.41, 5.74) is 3.98. The van der Waals surface area contributed by atoms with E-state index in [-0.39, 0.29) is 0 Å². The molecule has 0 radical (unpaired) electrons. The summed E-state index contributed by atoms with van der Waals surface area (Å²) in [6.45, 7) is 0.964. The lowest BCUT2D eigenvalue weighted by molar-refractivity contribution is 0.611. The van der Waals surface area contributed by atoms with E-state index in [2.05, 4.69) is 87.6 Å².